The van der Waals surface area contributed by atoms with E-state index in [9.17, 15) is 19.5 Å². The van der Waals surface area contributed by atoms with Crippen LogP contribution in [0.15, 0.2) is 30.3 Å². The third-order valence-corrected chi connectivity index (χ3v) is 6.01. The van der Waals surface area contributed by atoms with Gasteiger partial charge in [0.2, 0.25) is 11.8 Å². The van der Waals surface area contributed by atoms with Crippen molar-refractivity contribution in [1.29, 1.82) is 0 Å². The van der Waals surface area contributed by atoms with Gasteiger partial charge in [-0.15, -0.1) is 0 Å². The summed E-state index contributed by atoms with van der Waals surface area (Å²) in [5, 5.41) is 12.2. The molecule has 2 N–H and O–H groups in total. The van der Waals surface area contributed by atoms with E-state index in [4.69, 9.17) is 0 Å². The molecule has 6 heteroatoms. The fourth-order valence-corrected chi connectivity index (χ4v) is 4.43. The predicted molar refractivity (Wildman–Crippen MR) is 106 cm³/mol. The van der Waals surface area contributed by atoms with E-state index in [2.05, 4.69) is 5.32 Å². The third-order valence-electron chi connectivity index (χ3n) is 6.01. The number of carbonyl (C=O) groups excluding carboxylic acids is 2. The maximum Gasteiger partial charge on any atom is 0.326 e. The normalized spacial score (nSPS) is 20.9. The molecule has 28 heavy (non-hydrogen) atoms. The highest BCUT2D eigenvalue weighted by molar-refractivity contribution is 5.91. The van der Waals surface area contributed by atoms with Gasteiger partial charge >= 0.3 is 5.97 Å². The number of nitrogens with one attached hydrogen (secondary N) is 1. The summed E-state index contributed by atoms with van der Waals surface area (Å²) in [6.07, 6.45) is 7.91. The van der Waals surface area contributed by atoms with Crippen molar-refractivity contribution >= 4 is 17.8 Å². The second-order valence-corrected chi connectivity index (χ2v) is 8.02. The van der Waals surface area contributed by atoms with Crippen LogP contribution in [0.1, 0.15) is 56.9 Å². The molecule has 0 spiro atoms. The van der Waals surface area contributed by atoms with E-state index in [-0.39, 0.29) is 18.2 Å². The molecular weight excluding hydrogens is 356 g/mol. The Morgan fingerprint density at radius 2 is 1.79 bits per heavy atom. The van der Waals surface area contributed by atoms with Gasteiger partial charge < -0.3 is 15.3 Å². The summed E-state index contributed by atoms with van der Waals surface area (Å²) < 4.78 is 0. The van der Waals surface area contributed by atoms with Crippen molar-refractivity contribution in [2.75, 3.05) is 6.54 Å². The van der Waals surface area contributed by atoms with Crippen LogP contribution in [0.4, 0.5) is 0 Å². The smallest absolute Gasteiger partial charge is 0.326 e. The first-order chi connectivity index (χ1) is 13.5. The summed E-state index contributed by atoms with van der Waals surface area (Å²) in [7, 11) is 0. The SMILES string of the molecule is O=C(O)[C@H](Cc1ccccc1)NC(=O)[C@@H]1CCCN1C(=O)CCC1CCCC1. The fourth-order valence-electron chi connectivity index (χ4n) is 4.43. The van der Waals surface area contributed by atoms with Crippen LogP contribution in [0.3, 0.4) is 0 Å². The zero-order valence-corrected chi connectivity index (χ0v) is 16.3. The highest BCUT2D eigenvalue weighted by Crippen LogP contribution is 2.29. The number of likely N-dealkylation sites (tertiary alicyclic amines) is 1. The van der Waals surface area contributed by atoms with Gasteiger partial charge in [0.25, 0.3) is 0 Å². The molecule has 2 aliphatic rings. The maximum absolute atomic E-state index is 12.8. The van der Waals surface area contributed by atoms with Crippen LogP contribution >= 0.6 is 0 Å². The predicted octanol–water partition coefficient (Wildman–Crippen LogP) is 2.76. The van der Waals surface area contributed by atoms with Crippen molar-refractivity contribution in [2.24, 2.45) is 5.92 Å². The van der Waals surface area contributed by atoms with Crippen LogP contribution in [0.2, 0.25) is 0 Å². The number of hydrogen-bond acceptors (Lipinski definition) is 3. The minimum absolute atomic E-state index is 0.0273. The number of hydrogen-bond donors (Lipinski definition) is 2. The zero-order valence-electron chi connectivity index (χ0n) is 16.3. The van der Waals surface area contributed by atoms with E-state index in [1.165, 1.54) is 25.7 Å². The molecule has 2 atom stereocenters. The molecule has 1 aliphatic carbocycles. The lowest BCUT2D eigenvalue weighted by Gasteiger charge is -2.26. The number of benzene rings is 1. The van der Waals surface area contributed by atoms with Gasteiger partial charge in [0.05, 0.1) is 0 Å². The molecule has 1 saturated carbocycles. The minimum Gasteiger partial charge on any atom is -0.480 e. The molecule has 1 aliphatic heterocycles. The molecule has 6 nitrogen and oxygen atoms in total. The van der Waals surface area contributed by atoms with Gasteiger partial charge in [0, 0.05) is 19.4 Å². The zero-order chi connectivity index (χ0) is 19.9. The molecular formula is C22H30N2O4. The number of carboxylic acid groups (broad SMARTS) is 1. The Bertz CT molecular complexity index is 685. The second kappa shape index (κ2) is 9.71. The highest BCUT2D eigenvalue weighted by Gasteiger charge is 2.35. The molecule has 1 saturated heterocycles. The second-order valence-electron chi connectivity index (χ2n) is 8.02. The number of rotatable bonds is 8. The molecule has 2 amide bonds. The summed E-state index contributed by atoms with van der Waals surface area (Å²) in [6.45, 7) is 0.581. The molecule has 0 unspecified atom stereocenters. The first-order valence-electron chi connectivity index (χ1n) is 10.4. The van der Waals surface area contributed by atoms with Crippen LogP contribution in [0, 0.1) is 5.92 Å². The van der Waals surface area contributed by atoms with E-state index in [1.54, 1.807) is 4.90 Å². The van der Waals surface area contributed by atoms with Gasteiger partial charge in [0.1, 0.15) is 12.1 Å². The van der Waals surface area contributed by atoms with E-state index in [0.717, 1.165) is 18.4 Å². The Morgan fingerprint density at radius 3 is 2.46 bits per heavy atom. The molecule has 0 bridgehead atoms. The van der Waals surface area contributed by atoms with Gasteiger partial charge in [-0.3, -0.25) is 9.59 Å². The average Bonchev–Trinajstić information content (AvgIpc) is 3.38. The van der Waals surface area contributed by atoms with Gasteiger partial charge in [-0.1, -0.05) is 56.0 Å². The van der Waals surface area contributed by atoms with Crippen molar-refractivity contribution in [3.05, 3.63) is 35.9 Å². The summed E-state index contributed by atoms with van der Waals surface area (Å²) in [4.78, 5) is 38.7. The third kappa shape index (κ3) is 5.33. The molecule has 152 valence electrons. The van der Waals surface area contributed by atoms with Gasteiger partial charge in [-0.05, 0) is 30.7 Å². The summed E-state index contributed by atoms with van der Waals surface area (Å²) in [6, 6.07) is 7.70. The van der Waals surface area contributed by atoms with Crippen molar-refractivity contribution in [3.8, 4) is 0 Å². The lowest BCUT2D eigenvalue weighted by molar-refractivity contribution is -0.143. The molecule has 3 rings (SSSR count). The quantitative estimate of drug-likeness (QED) is 0.719. The molecule has 1 aromatic carbocycles. The largest absolute Gasteiger partial charge is 0.480 e. The van der Waals surface area contributed by atoms with Crippen molar-refractivity contribution in [1.82, 2.24) is 10.2 Å². The van der Waals surface area contributed by atoms with Crippen LogP contribution in [-0.4, -0.2) is 46.4 Å². The standard InChI is InChI=1S/C22H30N2O4/c25-20(13-12-16-7-4-5-8-16)24-14-6-11-19(24)21(26)23-18(22(27)28)15-17-9-2-1-3-10-17/h1-3,9-10,16,18-19H,4-8,11-15H2,(H,23,26)(H,27,28)/t18-,19-/m0/s1. The fraction of sp³-hybridized carbons (Fsp3) is 0.591. The summed E-state index contributed by atoms with van der Waals surface area (Å²) >= 11 is 0. The highest BCUT2D eigenvalue weighted by atomic mass is 16.4. The van der Waals surface area contributed by atoms with E-state index in [1.807, 2.05) is 30.3 Å². The number of carbonyl (C=O) groups is 3. The number of amides is 2. The van der Waals surface area contributed by atoms with E-state index in [0.29, 0.717) is 25.3 Å². The van der Waals surface area contributed by atoms with Crippen molar-refractivity contribution in [3.63, 3.8) is 0 Å². The van der Waals surface area contributed by atoms with Gasteiger partial charge in [-0.2, -0.15) is 0 Å². The van der Waals surface area contributed by atoms with Crippen LogP contribution in [-0.2, 0) is 20.8 Å². The van der Waals surface area contributed by atoms with Crippen LogP contribution in [0.25, 0.3) is 0 Å². The maximum atomic E-state index is 12.8. The lowest BCUT2D eigenvalue weighted by Crippen LogP contribution is -2.51. The summed E-state index contributed by atoms with van der Waals surface area (Å²) in [5.41, 5.74) is 0.853. The van der Waals surface area contributed by atoms with Crippen molar-refractivity contribution in [2.45, 2.75) is 69.9 Å². The average molecular weight is 386 g/mol. The molecule has 2 fully saturated rings. The van der Waals surface area contributed by atoms with E-state index < -0.39 is 18.1 Å². The first-order valence-corrected chi connectivity index (χ1v) is 10.4. The number of carboxylic acids is 1. The Balaban J connectivity index is 1.56. The molecule has 0 aromatic heterocycles. The first kappa shape index (κ1) is 20.4. The van der Waals surface area contributed by atoms with Crippen LogP contribution in [0.5, 0.6) is 0 Å². The minimum atomic E-state index is -1.06. The topological polar surface area (TPSA) is 86.7 Å². The Morgan fingerprint density at radius 1 is 1.07 bits per heavy atom. The van der Waals surface area contributed by atoms with Crippen LogP contribution < -0.4 is 5.32 Å². The molecule has 0 radical (unpaired) electrons. The number of nitrogens with zero attached hydrogens (tertiary/aromatic N) is 1. The Labute approximate surface area is 166 Å². The van der Waals surface area contributed by atoms with Gasteiger partial charge in [0.15, 0.2) is 0 Å². The van der Waals surface area contributed by atoms with E-state index >= 15 is 0 Å². The van der Waals surface area contributed by atoms with Gasteiger partial charge in [-0.25, -0.2) is 4.79 Å². The number of aliphatic carboxylic acids is 1. The Hall–Kier alpha value is -2.37. The molecule has 1 heterocycles. The van der Waals surface area contributed by atoms with Crippen molar-refractivity contribution < 1.29 is 19.5 Å². The monoisotopic (exact) mass is 386 g/mol. The Kier molecular flexibility index (Phi) is 7.06. The molecule has 1 aromatic rings. The summed E-state index contributed by atoms with van der Waals surface area (Å²) in [5.74, 6) is -0.745. The lowest BCUT2D eigenvalue weighted by atomic mass is 10.0.